The van der Waals surface area contributed by atoms with Gasteiger partial charge in [-0.1, -0.05) is 61.7 Å². The first-order chi connectivity index (χ1) is 11.8. The van der Waals surface area contributed by atoms with Crippen LogP contribution in [0.15, 0.2) is 42.5 Å². The minimum absolute atomic E-state index is 0.507. The largest absolute Gasteiger partial charge is 0.360 e. The number of rotatable bonds is 5. The van der Waals surface area contributed by atoms with Gasteiger partial charge in [0.25, 0.3) is 0 Å². The average molecular weight is 343 g/mol. The van der Waals surface area contributed by atoms with Crippen LogP contribution in [0.1, 0.15) is 56.9 Å². The Bertz CT molecular complexity index is 534. The molecule has 0 aliphatic heterocycles. The average Bonchev–Trinajstić information content (AvgIpc) is 2.64. The van der Waals surface area contributed by atoms with E-state index >= 15 is 0 Å². The number of benzene rings is 1. The van der Waals surface area contributed by atoms with Crippen LogP contribution in [-0.2, 0) is 6.54 Å². The molecule has 24 heavy (non-hydrogen) atoms. The molecule has 3 heteroatoms. The van der Waals surface area contributed by atoms with Crippen molar-refractivity contribution in [2.24, 2.45) is 5.92 Å². The molecule has 1 atom stereocenters. The molecule has 130 valence electrons. The summed E-state index contributed by atoms with van der Waals surface area (Å²) in [6.45, 7) is 2.02. The molecule has 2 aliphatic rings. The summed E-state index contributed by atoms with van der Waals surface area (Å²) in [6, 6.07) is 11.2. The number of hydrogen-bond donors (Lipinski definition) is 1. The second-order valence-electron chi connectivity index (χ2n) is 7.30. The van der Waals surface area contributed by atoms with Crippen molar-refractivity contribution in [1.82, 2.24) is 10.2 Å². The predicted octanol–water partition coefficient (Wildman–Crippen LogP) is 5.05. The topological polar surface area (TPSA) is 15.3 Å². The maximum absolute atomic E-state index is 5.81. The highest BCUT2D eigenvalue weighted by Crippen LogP contribution is 2.25. The molecule has 1 fully saturated rings. The van der Waals surface area contributed by atoms with Gasteiger partial charge in [-0.05, 0) is 55.8 Å². The van der Waals surface area contributed by atoms with Crippen LogP contribution in [0.25, 0.3) is 0 Å². The standard InChI is InChI=1S/C21H30N2S/c24-21(22-20-14-8-3-9-15-20)23(16-18-10-4-1-5-11-18)17-19-12-6-2-7-13-19/h1,3-5,8,10-11,19-20H,2,6-7,9,12-17H2,(H,22,24). The second-order valence-corrected chi connectivity index (χ2v) is 7.69. The highest BCUT2D eigenvalue weighted by Gasteiger charge is 2.21. The molecule has 1 saturated carbocycles. The van der Waals surface area contributed by atoms with E-state index in [2.05, 4.69) is 52.7 Å². The smallest absolute Gasteiger partial charge is 0.169 e. The predicted molar refractivity (Wildman–Crippen MR) is 106 cm³/mol. The maximum atomic E-state index is 5.81. The van der Waals surface area contributed by atoms with Crippen molar-refractivity contribution in [2.45, 2.75) is 64.0 Å². The van der Waals surface area contributed by atoms with E-state index in [0.29, 0.717) is 6.04 Å². The van der Waals surface area contributed by atoms with Gasteiger partial charge in [0.1, 0.15) is 0 Å². The van der Waals surface area contributed by atoms with Gasteiger partial charge in [0.05, 0.1) is 0 Å². The van der Waals surface area contributed by atoms with Gasteiger partial charge in [-0.2, -0.15) is 0 Å². The Morgan fingerprint density at radius 2 is 1.83 bits per heavy atom. The Morgan fingerprint density at radius 3 is 2.54 bits per heavy atom. The lowest BCUT2D eigenvalue weighted by Gasteiger charge is -2.34. The van der Waals surface area contributed by atoms with Crippen molar-refractivity contribution in [3.63, 3.8) is 0 Å². The lowest BCUT2D eigenvalue weighted by molar-refractivity contribution is 0.265. The summed E-state index contributed by atoms with van der Waals surface area (Å²) in [4.78, 5) is 2.42. The number of thiocarbonyl (C=S) groups is 1. The van der Waals surface area contributed by atoms with Gasteiger partial charge in [0.15, 0.2) is 5.11 Å². The zero-order chi connectivity index (χ0) is 16.6. The Morgan fingerprint density at radius 1 is 1.04 bits per heavy atom. The molecule has 2 aliphatic carbocycles. The normalized spacial score (nSPS) is 21.4. The second kappa shape index (κ2) is 9.22. The van der Waals surface area contributed by atoms with Gasteiger partial charge < -0.3 is 10.2 Å². The first-order valence-corrected chi connectivity index (χ1v) is 9.96. The Kier molecular flexibility index (Phi) is 6.71. The molecule has 0 aromatic heterocycles. The van der Waals surface area contributed by atoms with Crippen LogP contribution in [0, 0.1) is 5.92 Å². The van der Waals surface area contributed by atoms with E-state index in [1.807, 2.05) is 0 Å². The number of hydrogen-bond acceptors (Lipinski definition) is 1. The molecule has 1 aromatic carbocycles. The number of nitrogens with zero attached hydrogens (tertiary/aromatic N) is 1. The summed E-state index contributed by atoms with van der Waals surface area (Å²) < 4.78 is 0. The van der Waals surface area contributed by atoms with Gasteiger partial charge in [0.2, 0.25) is 0 Å². The van der Waals surface area contributed by atoms with Crippen molar-refractivity contribution in [3.05, 3.63) is 48.0 Å². The molecule has 0 saturated heterocycles. The molecule has 2 nitrogen and oxygen atoms in total. The first-order valence-electron chi connectivity index (χ1n) is 9.55. The van der Waals surface area contributed by atoms with Crippen molar-refractivity contribution in [1.29, 1.82) is 0 Å². The van der Waals surface area contributed by atoms with Gasteiger partial charge in [-0.25, -0.2) is 0 Å². The van der Waals surface area contributed by atoms with E-state index in [-0.39, 0.29) is 0 Å². The lowest BCUT2D eigenvalue weighted by atomic mass is 9.89. The SMILES string of the molecule is S=C(NC1CC=CCC1)N(Cc1ccccc1)CC1CCCCC1. The highest BCUT2D eigenvalue weighted by molar-refractivity contribution is 7.80. The molecule has 0 radical (unpaired) electrons. The van der Waals surface area contributed by atoms with E-state index < -0.39 is 0 Å². The lowest BCUT2D eigenvalue weighted by Crippen LogP contribution is -2.46. The Balaban J connectivity index is 1.63. The molecule has 0 bridgehead atoms. The summed E-state index contributed by atoms with van der Waals surface area (Å²) >= 11 is 5.81. The van der Waals surface area contributed by atoms with E-state index in [1.54, 1.807) is 0 Å². The molecule has 3 rings (SSSR count). The summed E-state index contributed by atoms with van der Waals surface area (Å²) in [5, 5.41) is 4.58. The van der Waals surface area contributed by atoms with Crippen molar-refractivity contribution in [3.8, 4) is 0 Å². The molecule has 0 heterocycles. The van der Waals surface area contributed by atoms with E-state index in [0.717, 1.165) is 30.5 Å². The van der Waals surface area contributed by atoms with Gasteiger partial charge >= 0.3 is 0 Å². The Labute approximate surface area is 152 Å². The van der Waals surface area contributed by atoms with Gasteiger partial charge in [-0.15, -0.1) is 0 Å². The third-order valence-electron chi connectivity index (χ3n) is 5.30. The molecule has 0 amide bonds. The minimum atomic E-state index is 0.507. The summed E-state index contributed by atoms with van der Waals surface area (Å²) in [7, 11) is 0. The van der Waals surface area contributed by atoms with Gasteiger partial charge in [-0.3, -0.25) is 0 Å². The maximum Gasteiger partial charge on any atom is 0.169 e. The van der Waals surface area contributed by atoms with Crippen molar-refractivity contribution < 1.29 is 0 Å². The van der Waals surface area contributed by atoms with E-state index in [9.17, 15) is 0 Å². The van der Waals surface area contributed by atoms with Crippen LogP contribution in [-0.4, -0.2) is 22.6 Å². The first kappa shape index (κ1) is 17.5. The zero-order valence-electron chi connectivity index (χ0n) is 14.6. The molecule has 1 unspecified atom stereocenters. The monoisotopic (exact) mass is 342 g/mol. The molecular formula is C21H30N2S. The fraction of sp³-hybridized carbons (Fsp3) is 0.571. The molecule has 1 N–H and O–H groups in total. The number of allylic oxidation sites excluding steroid dienone is 1. The fourth-order valence-electron chi connectivity index (χ4n) is 3.90. The zero-order valence-corrected chi connectivity index (χ0v) is 15.4. The van der Waals surface area contributed by atoms with Crippen LogP contribution in [0.3, 0.4) is 0 Å². The van der Waals surface area contributed by atoms with Crippen LogP contribution in [0.4, 0.5) is 0 Å². The van der Waals surface area contributed by atoms with Crippen LogP contribution in [0.2, 0.25) is 0 Å². The quantitative estimate of drug-likeness (QED) is 0.595. The highest BCUT2D eigenvalue weighted by atomic mass is 32.1. The summed E-state index contributed by atoms with van der Waals surface area (Å²) in [5.41, 5.74) is 1.35. The van der Waals surface area contributed by atoms with Crippen molar-refractivity contribution in [2.75, 3.05) is 6.54 Å². The number of nitrogens with one attached hydrogen (secondary N) is 1. The molecule has 1 aromatic rings. The third kappa shape index (κ3) is 5.34. The van der Waals surface area contributed by atoms with E-state index in [1.165, 1.54) is 50.5 Å². The molecule has 0 spiro atoms. The summed E-state index contributed by atoms with van der Waals surface area (Å²) in [5.74, 6) is 0.800. The Hall–Kier alpha value is -1.35. The van der Waals surface area contributed by atoms with Crippen LogP contribution >= 0.6 is 12.2 Å². The van der Waals surface area contributed by atoms with Crippen LogP contribution < -0.4 is 5.32 Å². The third-order valence-corrected chi connectivity index (χ3v) is 5.68. The van der Waals surface area contributed by atoms with Crippen molar-refractivity contribution >= 4 is 17.3 Å². The fourth-order valence-corrected chi connectivity index (χ4v) is 4.20. The minimum Gasteiger partial charge on any atom is -0.360 e. The summed E-state index contributed by atoms with van der Waals surface area (Å²) in [6.07, 6.45) is 14.9. The van der Waals surface area contributed by atoms with Gasteiger partial charge in [0, 0.05) is 19.1 Å². The molecular weight excluding hydrogens is 312 g/mol. The van der Waals surface area contributed by atoms with E-state index in [4.69, 9.17) is 12.2 Å². The van der Waals surface area contributed by atoms with Crippen LogP contribution in [0.5, 0.6) is 0 Å².